The highest BCUT2D eigenvalue weighted by Crippen LogP contribution is 2.36. The minimum absolute atomic E-state index is 0.0498. The Bertz CT molecular complexity index is 532. The summed E-state index contributed by atoms with van der Waals surface area (Å²) >= 11 is 0. The lowest BCUT2D eigenvalue weighted by molar-refractivity contribution is -0.131. The fourth-order valence-electron chi connectivity index (χ4n) is 3.10. The van der Waals surface area contributed by atoms with Crippen molar-refractivity contribution in [2.45, 2.75) is 37.8 Å². The Morgan fingerprint density at radius 1 is 1.19 bits per heavy atom. The third-order valence-electron chi connectivity index (χ3n) is 4.26. The van der Waals surface area contributed by atoms with Crippen LogP contribution in [0, 0.1) is 0 Å². The Hall–Kier alpha value is -1.75. The second-order valence-electron chi connectivity index (χ2n) is 5.76. The number of likely N-dealkylation sites (N-methyl/N-ethyl adjacent to an activating group) is 1. The van der Waals surface area contributed by atoms with E-state index < -0.39 is 0 Å². The van der Waals surface area contributed by atoms with Crippen LogP contribution < -0.4 is 15.2 Å². The van der Waals surface area contributed by atoms with Gasteiger partial charge in [-0.3, -0.25) is 4.79 Å². The molecule has 1 aromatic carbocycles. The van der Waals surface area contributed by atoms with Crippen LogP contribution in [0.5, 0.6) is 11.5 Å². The van der Waals surface area contributed by atoms with Gasteiger partial charge < -0.3 is 20.1 Å². The Kier molecular flexibility index (Phi) is 4.01. The first-order valence-corrected chi connectivity index (χ1v) is 7.57. The second-order valence-corrected chi connectivity index (χ2v) is 5.76. The van der Waals surface area contributed by atoms with E-state index in [1.54, 1.807) is 4.90 Å². The van der Waals surface area contributed by atoms with Crippen molar-refractivity contribution in [1.29, 1.82) is 0 Å². The molecule has 21 heavy (non-hydrogen) atoms. The van der Waals surface area contributed by atoms with Gasteiger partial charge in [-0.2, -0.15) is 0 Å². The molecule has 1 amide bonds. The fraction of sp³-hybridized carbons (Fsp3) is 0.562. The lowest BCUT2D eigenvalue weighted by atomic mass is 9.96. The Balaban J connectivity index is 1.94. The van der Waals surface area contributed by atoms with Crippen LogP contribution in [0.3, 0.4) is 0 Å². The molecule has 0 radical (unpaired) electrons. The number of hydrogen-bond donors (Lipinski definition) is 1. The van der Waals surface area contributed by atoms with Gasteiger partial charge in [0.25, 0.3) is 0 Å². The number of hydrogen-bond acceptors (Lipinski definition) is 4. The summed E-state index contributed by atoms with van der Waals surface area (Å²) in [7, 11) is 1.83. The number of ether oxygens (including phenoxy) is 2. The zero-order valence-electron chi connectivity index (χ0n) is 12.4. The molecule has 1 fully saturated rings. The number of carbonyl (C=O) groups is 1. The van der Waals surface area contributed by atoms with Crippen LogP contribution in [0.15, 0.2) is 18.2 Å². The number of nitrogens with zero attached hydrogens (tertiary/aromatic N) is 1. The molecule has 0 aliphatic carbocycles. The van der Waals surface area contributed by atoms with Crippen molar-refractivity contribution >= 4 is 5.91 Å². The predicted molar refractivity (Wildman–Crippen MR) is 79.4 cm³/mol. The van der Waals surface area contributed by atoms with Crippen LogP contribution >= 0.6 is 0 Å². The summed E-state index contributed by atoms with van der Waals surface area (Å²) in [4.78, 5) is 13.9. The van der Waals surface area contributed by atoms with Crippen molar-refractivity contribution < 1.29 is 14.3 Å². The number of rotatable bonds is 1. The van der Waals surface area contributed by atoms with Crippen molar-refractivity contribution in [3.05, 3.63) is 23.8 Å². The van der Waals surface area contributed by atoms with E-state index in [0.717, 1.165) is 36.3 Å². The highest BCUT2D eigenvalue weighted by atomic mass is 16.5. The molecule has 2 atom stereocenters. The van der Waals surface area contributed by atoms with Crippen molar-refractivity contribution in [1.82, 2.24) is 4.90 Å². The number of fused-ring (bicyclic) bond motifs is 1. The summed E-state index contributed by atoms with van der Waals surface area (Å²) in [6, 6.07) is 5.74. The van der Waals surface area contributed by atoms with E-state index in [1.165, 1.54) is 0 Å². The van der Waals surface area contributed by atoms with E-state index >= 15 is 0 Å². The highest BCUT2D eigenvalue weighted by molar-refractivity contribution is 5.77. The molecule has 5 heteroatoms. The number of amides is 1. The SMILES string of the molecule is CN1C(=O)CCCC(N)C1c1ccc2c(c1)OCCCO2. The van der Waals surface area contributed by atoms with Gasteiger partial charge in [-0.15, -0.1) is 0 Å². The minimum Gasteiger partial charge on any atom is -0.490 e. The van der Waals surface area contributed by atoms with Crippen LogP contribution in [0.4, 0.5) is 0 Å². The molecule has 0 spiro atoms. The topological polar surface area (TPSA) is 64.8 Å². The highest BCUT2D eigenvalue weighted by Gasteiger charge is 2.31. The first-order valence-electron chi connectivity index (χ1n) is 7.57. The summed E-state index contributed by atoms with van der Waals surface area (Å²) in [6.45, 7) is 1.33. The van der Waals surface area contributed by atoms with E-state index in [0.29, 0.717) is 19.6 Å². The maximum atomic E-state index is 12.1. The van der Waals surface area contributed by atoms with Crippen LogP contribution in [-0.2, 0) is 4.79 Å². The zero-order chi connectivity index (χ0) is 14.8. The van der Waals surface area contributed by atoms with Gasteiger partial charge in [0.05, 0.1) is 19.3 Å². The average Bonchev–Trinajstić information content (AvgIpc) is 2.77. The molecule has 1 saturated heterocycles. The number of nitrogens with two attached hydrogens (primary N) is 1. The molecule has 0 bridgehead atoms. The van der Waals surface area contributed by atoms with E-state index in [-0.39, 0.29) is 18.0 Å². The molecular formula is C16H22N2O3. The van der Waals surface area contributed by atoms with Crippen molar-refractivity contribution in [2.75, 3.05) is 20.3 Å². The van der Waals surface area contributed by atoms with E-state index in [1.807, 2.05) is 25.2 Å². The van der Waals surface area contributed by atoms with Gasteiger partial charge >= 0.3 is 0 Å². The van der Waals surface area contributed by atoms with E-state index in [2.05, 4.69) is 0 Å². The Labute approximate surface area is 125 Å². The largest absolute Gasteiger partial charge is 0.490 e. The predicted octanol–water partition coefficient (Wildman–Crippen LogP) is 1.86. The lowest BCUT2D eigenvalue weighted by Crippen LogP contribution is -2.39. The van der Waals surface area contributed by atoms with Crippen molar-refractivity contribution in [2.24, 2.45) is 5.73 Å². The Morgan fingerprint density at radius 2 is 1.95 bits per heavy atom. The van der Waals surface area contributed by atoms with Crippen molar-refractivity contribution in [3.8, 4) is 11.5 Å². The summed E-state index contributed by atoms with van der Waals surface area (Å²) in [5.41, 5.74) is 7.32. The van der Waals surface area contributed by atoms with Crippen LogP contribution in [-0.4, -0.2) is 37.1 Å². The Morgan fingerprint density at radius 3 is 2.76 bits per heavy atom. The number of benzene rings is 1. The molecular weight excluding hydrogens is 268 g/mol. The maximum absolute atomic E-state index is 12.1. The fourth-order valence-corrected chi connectivity index (χ4v) is 3.10. The first kappa shape index (κ1) is 14.2. The molecule has 0 aromatic heterocycles. The van der Waals surface area contributed by atoms with Crippen molar-refractivity contribution in [3.63, 3.8) is 0 Å². The van der Waals surface area contributed by atoms with Gasteiger partial charge in [-0.25, -0.2) is 0 Å². The van der Waals surface area contributed by atoms with Gasteiger partial charge in [0.1, 0.15) is 0 Å². The van der Waals surface area contributed by atoms with Crippen LogP contribution in [0.1, 0.15) is 37.3 Å². The van der Waals surface area contributed by atoms with Gasteiger partial charge in [-0.05, 0) is 30.5 Å². The summed E-state index contributed by atoms with van der Waals surface area (Å²) in [5, 5.41) is 0. The third-order valence-corrected chi connectivity index (χ3v) is 4.26. The standard InChI is InChI=1S/C16H22N2O3/c1-18-15(19)5-2-4-12(17)16(18)11-6-7-13-14(10-11)21-9-3-8-20-13/h6-7,10,12,16H,2-5,8-9,17H2,1H3. The molecule has 2 aliphatic heterocycles. The van der Waals surface area contributed by atoms with Gasteiger partial charge in [0.2, 0.25) is 5.91 Å². The summed E-state index contributed by atoms with van der Waals surface area (Å²) < 4.78 is 11.4. The van der Waals surface area contributed by atoms with Gasteiger partial charge in [-0.1, -0.05) is 6.07 Å². The molecule has 2 N–H and O–H groups in total. The quantitative estimate of drug-likeness (QED) is 0.857. The number of likely N-dealkylation sites (tertiary alicyclic amines) is 1. The summed E-state index contributed by atoms with van der Waals surface area (Å²) in [5.74, 6) is 1.68. The smallest absolute Gasteiger partial charge is 0.222 e. The van der Waals surface area contributed by atoms with Crippen LogP contribution in [0.2, 0.25) is 0 Å². The zero-order valence-corrected chi connectivity index (χ0v) is 12.4. The number of carbonyl (C=O) groups excluding carboxylic acids is 1. The molecule has 3 rings (SSSR count). The molecule has 2 heterocycles. The minimum atomic E-state index is -0.0999. The van der Waals surface area contributed by atoms with E-state index in [9.17, 15) is 4.79 Å². The molecule has 2 aliphatic rings. The normalized spacial score (nSPS) is 26.2. The molecule has 0 saturated carbocycles. The summed E-state index contributed by atoms with van der Waals surface area (Å²) in [6.07, 6.45) is 3.16. The average molecular weight is 290 g/mol. The van der Waals surface area contributed by atoms with E-state index in [4.69, 9.17) is 15.2 Å². The second kappa shape index (κ2) is 5.93. The molecule has 2 unspecified atom stereocenters. The van der Waals surface area contributed by atoms with Crippen LogP contribution in [0.25, 0.3) is 0 Å². The molecule has 5 nitrogen and oxygen atoms in total. The lowest BCUT2D eigenvalue weighted by Gasteiger charge is -2.31. The monoisotopic (exact) mass is 290 g/mol. The molecule has 114 valence electrons. The molecule has 1 aromatic rings. The maximum Gasteiger partial charge on any atom is 0.222 e. The van der Waals surface area contributed by atoms with Gasteiger partial charge in [0, 0.05) is 25.9 Å². The first-order chi connectivity index (χ1) is 10.2. The third kappa shape index (κ3) is 2.83. The van der Waals surface area contributed by atoms with Gasteiger partial charge in [0.15, 0.2) is 11.5 Å².